The minimum Gasteiger partial charge on any atom is -0.399 e. The third-order valence-corrected chi connectivity index (χ3v) is 2.11. The molecule has 1 aromatic rings. The molecule has 4 N–H and O–H groups in total. The van der Waals surface area contributed by atoms with Gasteiger partial charge >= 0.3 is 0 Å². The van der Waals surface area contributed by atoms with Crippen molar-refractivity contribution in [2.24, 2.45) is 0 Å². The van der Waals surface area contributed by atoms with Crippen molar-refractivity contribution in [3.63, 3.8) is 0 Å². The van der Waals surface area contributed by atoms with Crippen LogP contribution >= 0.6 is 0 Å². The van der Waals surface area contributed by atoms with E-state index < -0.39 is 0 Å². The van der Waals surface area contributed by atoms with Crippen molar-refractivity contribution >= 4 is 11.4 Å². The van der Waals surface area contributed by atoms with Crippen LogP contribution in [-0.4, -0.2) is 17.8 Å². The normalized spacial score (nSPS) is 12.5. The molecule has 0 heterocycles. The molecule has 4 heteroatoms. The van der Waals surface area contributed by atoms with Crippen molar-refractivity contribution in [1.82, 2.24) is 0 Å². The highest BCUT2D eigenvalue weighted by molar-refractivity contribution is 5.52. The van der Waals surface area contributed by atoms with Gasteiger partial charge in [-0.2, -0.15) is 0 Å². The second-order valence-electron chi connectivity index (χ2n) is 3.66. The molecule has 1 aromatic carbocycles. The summed E-state index contributed by atoms with van der Waals surface area (Å²) in [6.07, 6.45) is 1.22. The molecular formula is C11H17FN2O. The Balaban J connectivity index is 2.37. The molecule has 0 aliphatic rings. The smallest absolute Gasteiger partial charge is 0.148 e. The van der Waals surface area contributed by atoms with E-state index in [0.717, 1.165) is 6.42 Å². The number of hydrogen-bond acceptors (Lipinski definition) is 3. The molecule has 84 valence electrons. The maximum Gasteiger partial charge on any atom is 0.148 e. The summed E-state index contributed by atoms with van der Waals surface area (Å²) in [5, 5.41) is 12.0. The molecule has 3 nitrogen and oxygen atoms in total. The van der Waals surface area contributed by atoms with Crippen LogP contribution in [0.15, 0.2) is 18.2 Å². The van der Waals surface area contributed by atoms with Crippen LogP contribution in [0.4, 0.5) is 15.8 Å². The second kappa shape index (κ2) is 5.56. The number of nitrogens with two attached hydrogens (primary N) is 1. The van der Waals surface area contributed by atoms with Crippen LogP contribution in [0, 0.1) is 5.82 Å². The SMILES string of the molecule is CC(O)CCCNc1ccc(N)cc1F. The summed E-state index contributed by atoms with van der Waals surface area (Å²) in [5.41, 5.74) is 6.29. The molecule has 15 heavy (non-hydrogen) atoms. The first-order chi connectivity index (χ1) is 7.09. The fourth-order valence-corrected chi connectivity index (χ4v) is 1.30. The number of rotatable bonds is 5. The first kappa shape index (κ1) is 11.8. The largest absolute Gasteiger partial charge is 0.399 e. The van der Waals surface area contributed by atoms with Crippen LogP contribution in [0.1, 0.15) is 19.8 Å². The lowest BCUT2D eigenvalue weighted by Crippen LogP contribution is -2.07. The molecule has 0 radical (unpaired) electrons. The number of benzene rings is 1. The van der Waals surface area contributed by atoms with Gasteiger partial charge in [0.25, 0.3) is 0 Å². The molecular weight excluding hydrogens is 195 g/mol. The van der Waals surface area contributed by atoms with Gasteiger partial charge in [0.15, 0.2) is 0 Å². The monoisotopic (exact) mass is 212 g/mol. The quantitative estimate of drug-likeness (QED) is 0.516. The number of hydrogen-bond donors (Lipinski definition) is 3. The van der Waals surface area contributed by atoms with Crippen molar-refractivity contribution in [3.05, 3.63) is 24.0 Å². The number of halogens is 1. The Morgan fingerprint density at radius 2 is 2.27 bits per heavy atom. The maximum atomic E-state index is 13.2. The first-order valence-electron chi connectivity index (χ1n) is 5.06. The van der Waals surface area contributed by atoms with Gasteiger partial charge in [-0.1, -0.05) is 0 Å². The first-order valence-corrected chi connectivity index (χ1v) is 5.06. The number of aliphatic hydroxyl groups excluding tert-OH is 1. The maximum absolute atomic E-state index is 13.2. The van der Waals surface area contributed by atoms with Crippen molar-refractivity contribution < 1.29 is 9.50 Å². The molecule has 0 amide bonds. The summed E-state index contributed by atoms with van der Waals surface area (Å²) in [7, 11) is 0. The van der Waals surface area contributed by atoms with Crippen molar-refractivity contribution in [3.8, 4) is 0 Å². The molecule has 0 aliphatic heterocycles. The highest BCUT2D eigenvalue weighted by atomic mass is 19.1. The van der Waals surface area contributed by atoms with Gasteiger partial charge in [0.2, 0.25) is 0 Å². The van der Waals surface area contributed by atoms with Crippen molar-refractivity contribution in [1.29, 1.82) is 0 Å². The van der Waals surface area contributed by atoms with E-state index in [1.165, 1.54) is 6.07 Å². The molecule has 1 rings (SSSR count). The van der Waals surface area contributed by atoms with E-state index in [9.17, 15) is 4.39 Å². The van der Waals surface area contributed by atoms with E-state index in [4.69, 9.17) is 10.8 Å². The molecule has 0 fully saturated rings. The molecule has 0 saturated carbocycles. The number of nitrogens with one attached hydrogen (secondary N) is 1. The average molecular weight is 212 g/mol. The van der Waals surface area contributed by atoms with Gasteiger partial charge in [-0.15, -0.1) is 0 Å². The Morgan fingerprint density at radius 3 is 2.87 bits per heavy atom. The van der Waals surface area contributed by atoms with E-state index in [1.54, 1.807) is 19.1 Å². The third kappa shape index (κ3) is 4.16. The molecule has 1 atom stereocenters. The fourth-order valence-electron chi connectivity index (χ4n) is 1.30. The number of anilines is 2. The lowest BCUT2D eigenvalue weighted by Gasteiger charge is -2.08. The van der Waals surface area contributed by atoms with Gasteiger partial charge in [0, 0.05) is 12.2 Å². The van der Waals surface area contributed by atoms with E-state index >= 15 is 0 Å². The zero-order valence-electron chi connectivity index (χ0n) is 8.83. The van der Waals surface area contributed by atoms with Gasteiger partial charge < -0.3 is 16.2 Å². The van der Waals surface area contributed by atoms with E-state index in [1.807, 2.05) is 0 Å². The molecule has 0 spiro atoms. The van der Waals surface area contributed by atoms with E-state index in [2.05, 4.69) is 5.32 Å². The lowest BCUT2D eigenvalue weighted by molar-refractivity contribution is 0.183. The zero-order chi connectivity index (χ0) is 11.3. The van der Waals surface area contributed by atoms with E-state index in [-0.39, 0.29) is 11.9 Å². The Labute approximate surface area is 89.1 Å². The Bertz CT molecular complexity index is 315. The molecule has 0 saturated heterocycles. The summed E-state index contributed by atoms with van der Waals surface area (Å²) in [6.45, 7) is 2.38. The number of aliphatic hydroxyl groups is 1. The van der Waals surface area contributed by atoms with E-state index in [0.29, 0.717) is 24.3 Å². The predicted molar refractivity (Wildman–Crippen MR) is 60.2 cm³/mol. The van der Waals surface area contributed by atoms with Gasteiger partial charge in [-0.3, -0.25) is 0 Å². The highest BCUT2D eigenvalue weighted by Gasteiger charge is 2.01. The second-order valence-corrected chi connectivity index (χ2v) is 3.66. The minimum atomic E-state index is -0.341. The number of nitrogen functional groups attached to an aromatic ring is 1. The molecule has 0 bridgehead atoms. The Hall–Kier alpha value is -1.29. The topological polar surface area (TPSA) is 58.3 Å². The van der Waals surface area contributed by atoms with Crippen LogP contribution in [0.5, 0.6) is 0 Å². The van der Waals surface area contributed by atoms with Crippen LogP contribution < -0.4 is 11.1 Å². The average Bonchev–Trinajstić information content (AvgIpc) is 2.14. The van der Waals surface area contributed by atoms with Crippen molar-refractivity contribution in [2.45, 2.75) is 25.9 Å². The van der Waals surface area contributed by atoms with Crippen LogP contribution in [-0.2, 0) is 0 Å². The van der Waals surface area contributed by atoms with Gasteiger partial charge in [0.05, 0.1) is 11.8 Å². The molecule has 0 aliphatic carbocycles. The summed E-state index contributed by atoms with van der Waals surface area (Å²) in [4.78, 5) is 0. The summed E-state index contributed by atoms with van der Waals surface area (Å²) < 4.78 is 13.2. The summed E-state index contributed by atoms with van der Waals surface area (Å²) in [6, 6.07) is 4.56. The predicted octanol–water partition coefficient (Wildman–Crippen LogP) is 1.98. The zero-order valence-corrected chi connectivity index (χ0v) is 8.83. The third-order valence-electron chi connectivity index (χ3n) is 2.11. The van der Waals surface area contributed by atoms with Gasteiger partial charge in [-0.05, 0) is 38.0 Å². The van der Waals surface area contributed by atoms with Crippen LogP contribution in [0.3, 0.4) is 0 Å². The molecule has 0 aromatic heterocycles. The fraction of sp³-hybridized carbons (Fsp3) is 0.455. The Morgan fingerprint density at radius 1 is 1.53 bits per heavy atom. The highest BCUT2D eigenvalue weighted by Crippen LogP contribution is 2.16. The van der Waals surface area contributed by atoms with Crippen LogP contribution in [0.25, 0.3) is 0 Å². The van der Waals surface area contributed by atoms with Crippen LogP contribution in [0.2, 0.25) is 0 Å². The summed E-state index contributed by atoms with van der Waals surface area (Å²) in [5.74, 6) is -0.341. The minimum absolute atomic E-state index is 0.303. The lowest BCUT2D eigenvalue weighted by atomic mass is 10.2. The van der Waals surface area contributed by atoms with Crippen molar-refractivity contribution in [2.75, 3.05) is 17.6 Å². The molecule has 1 unspecified atom stereocenters. The summed E-state index contributed by atoms with van der Waals surface area (Å²) >= 11 is 0. The Kier molecular flexibility index (Phi) is 4.37. The van der Waals surface area contributed by atoms with Gasteiger partial charge in [-0.25, -0.2) is 4.39 Å². The van der Waals surface area contributed by atoms with Gasteiger partial charge in [0.1, 0.15) is 5.82 Å². The standard InChI is InChI=1S/C11H17FN2O/c1-8(15)3-2-6-14-11-5-4-9(13)7-10(11)12/h4-5,7-8,14-15H,2-3,6,13H2,1H3.